The molecule has 1 amide bonds. The normalized spacial score (nSPS) is 17.0. The highest BCUT2D eigenvalue weighted by Crippen LogP contribution is 2.28. The van der Waals surface area contributed by atoms with Crippen LogP contribution in [0, 0.1) is 0 Å². The van der Waals surface area contributed by atoms with Crippen LogP contribution in [0.3, 0.4) is 0 Å². The lowest BCUT2D eigenvalue weighted by atomic mass is 9.95. The molecule has 1 aromatic carbocycles. The minimum Gasteiger partial charge on any atom is -0.491 e. The zero-order valence-corrected chi connectivity index (χ0v) is 15.5. The molecule has 25 heavy (non-hydrogen) atoms. The van der Waals surface area contributed by atoms with Crippen molar-refractivity contribution >= 4 is 15.7 Å². The van der Waals surface area contributed by atoms with Gasteiger partial charge in [-0.1, -0.05) is 12.1 Å². The van der Waals surface area contributed by atoms with Crippen LogP contribution in [0.1, 0.15) is 18.4 Å². The van der Waals surface area contributed by atoms with Gasteiger partial charge in [-0.05, 0) is 43.6 Å². The number of nitrogens with one attached hydrogen (secondary N) is 2. The summed E-state index contributed by atoms with van der Waals surface area (Å²) >= 11 is 0. The van der Waals surface area contributed by atoms with Gasteiger partial charge < -0.3 is 20.1 Å². The van der Waals surface area contributed by atoms with Gasteiger partial charge in [-0.15, -0.1) is 0 Å². The van der Waals surface area contributed by atoms with Crippen molar-refractivity contribution in [1.29, 1.82) is 0 Å². The van der Waals surface area contributed by atoms with Crippen LogP contribution < -0.4 is 15.4 Å². The molecule has 1 saturated heterocycles. The first kappa shape index (κ1) is 19.7. The van der Waals surface area contributed by atoms with Crippen LogP contribution in [0.25, 0.3) is 0 Å². The van der Waals surface area contributed by atoms with Crippen LogP contribution in [-0.4, -0.2) is 58.7 Å². The third-order valence-corrected chi connectivity index (χ3v) is 6.48. The fraction of sp³-hybridized carbons (Fsp3) is 0.588. The van der Waals surface area contributed by atoms with E-state index in [1.54, 1.807) is 7.11 Å². The fourth-order valence-corrected chi connectivity index (χ4v) is 4.24. The molecular formula is C17H26N2O5S. The Labute approximate surface area is 149 Å². The Morgan fingerprint density at radius 1 is 1.20 bits per heavy atom. The van der Waals surface area contributed by atoms with Crippen molar-refractivity contribution < 1.29 is 22.7 Å². The monoisotopic (exact) mass is 370 g/mol. The molecule has 140 valence electrons. The average molecular weight is 370 g/mol. The molecule has 0 atom stereocenters. The Hall–Kier alpha value is -1.64. The maximum absolute atomic E-state index is 12.6. The number of hydrogen-bond acceptors (Lipinski definition) is 6. The first-order valence-corrected chi connectivity index (χ1v) is 10.2. The number of ether oxygens (including phenoxy) is 2. The van der Waals surface area contributed by atoms with Gasteiger partial charge >= 0.3 is 0 Å². The molecule has 0 aromatic heterocycles. The van der Waals surface area contributed by atoms with E-state index < -0.39 is 20.5 Å². The van der Waals surface area contributed by atoms with Crippen LogP contribution >= 0.6 is 0 Å². The average Bonchev–Trinajstić information content (AvgIpc) is 2.60. The predicted molar refractivity (Wildman–Crippen MR) is 95.3 cm³/mol. The molecule has 1 aliphatic rings. The molecule has 0 saturated carbocycles. The molecule has 1 fully saturated rings. The van der Waals surface area contributed by atoms with E-state index in [0.717, 1.165) is 17.6 Å². The van der Waals surface area contributed by atoms with Crippen molar-refractivity contribution in [1.82, 2.24) is 10.6 Å². The predicted octanol–water partition coefficient (Wildman–Crippen LogP) is 0.495. The summed E-state index contributed by atoms with van der Waals surface area (Å²) in [6.45, 7) is 2.31. The van der Waals surface area contributed by atoms with E-state index in [2.05, 4.69) is 10.6 Å². The van der Waals surface area contributed by atoms with Crippen LogP contribution in [0.15, 0.2) is 24.3 Å². The zero-order chi connectivity index (χ0) is 18.3. The third kappa shape index (κ3) is 4.93. The summed E-state index contributed by atoms with van der Waals surface area (Å²) in [6.07, 6.45) is 1.73. The van der Waals surface area contributed by atoms with Gasteiger partial charge in [0, 0.05) is 19.9 Å². The Morgan fingerprint density at radius 2 is 1.84 bits per heavy atom. The van der Waals surface area contributed by atoms with Crippen LogP contribution in [0.4, 0.5) is 0 Å². The van der Waals surface area contributed by atoms with Crippen molar-refractivity contribution in [3.8, 4) is 5.75 Å². The van der Waals surface area contributed by atoms with Crippen LogP contribution in [0.2, 0.25) is 0 Å². The van der Waals surface area contributed by atoms with E-state index in [1.165, 1.54) is 0 Å². The van der Waals surface area contributed by atoms with Gasteiger partial charge in [0.2, 0.25) is 5.91 Å². The number of carbonyl (C=O) groups excluding carboxylic acids is 1. The summed E-state index contributed by atoms with van der Waals surface area (Å²) in [5.41, 5.74) is 0.880. The van der Waals surface area contributed by atoms with Gasteiger partial charge in [0.25, 0.3) is 0 Å². The van der Waals surface area contributed by atoms with E-state index >= 15 is 0 Å². The third-order valence-electron chi connectivity index (χ3n) is 4.47. The molecule has 0 aliphatic carbocycles. The molecular weight excluding hydrogens is 344 g/mol. The van der Waals surface area contributed by atoms with Crippen molar-refractivity contribution in [3.63, 3.8) is 0 Å². The second kappa shape index (κ2) is 8.64. The topological polar surface area (TPSA) is 93.7 Å². The second-order valence-electron chi connectivity index (χ2n) is 6.18. The number of hydrogen-bond donors (Lipinski definition) is 2. The van der Waals surface area contributed by atoms with E-state index in [1.807, 2.05) is 24.3 Å². The second-order valence-corrected chi connectivity index (χ2v) is 8.51. The van der Waals surface area contributed by atoms with E-state index in [0.29, 0.717) is 39.1 Å². The number of methoxy groups -OCH3 is 1. The summed E-state index contributed by atoms with van der Waals surface area (Å²) in [5, 5.41) is 5.88. The molecule has 0 unspecified atom stereocenters. The summed E-state index contributed by atoms with van der Waals surface area (Å²) in [7, 11) is -1.88. The van der Waals surface area contributed by atoms with Crippen molar-refractivity contribution in [2.24, 2.45) is 0 Å². The van der Waals surface area contributed by atoms with E-state index in [9.17, 15) is 13.2 Å². The van der Waals surface area contributed by atoms with Crippen molar-refractivity contribution in [2.75, 3.05) is 39.7 Å². The minimum atomic E-state index is -3.49. The standard InChI is InChI=1S/C17H26N2O5S/c1-23-11-12-24-15-5-3-14(4-6-15)13-19-16(20)17(25(2,21)22)7-9-18-10-8-17/h3-6,18H,7-13H2,1-2H3,(H,19,20). The molecule has 1 aromatic rings. The lowest BCUT2D eigenvalue weighted by Crippen LogP contribution is -2.57. The van der Waals surface area contributed by atoms with Crippen LogP contribution in [0.5, 0.6) is 5.75 Å². The Bertz CT molecular complexity index is 667. The van der Waals surface area contributed by atoms with Crippen LogP contribution in [-0.2, 0) is 25.9 Å². The van der Waals surface area contributed by atoms with E-state index in [4.69, 9.17) is 9.47 Å². The number of piperidine rings is 1. The molecule has 0 radical (unpaired) electrons. The van der Waals surface area contributed by atoms with Gasteiger partial charge in [0.05, 0.1) is 6.61 Å². The highest BCUT2D eigenvalue weighted by atomic mass is 32.2. The molecule has 0 bridgehead atoms. The lowest BCUT2D eigenvalue weighted by molar-refractivity contribution is -0.124. The summed E-state index contributed by atoms with van der Waals surface area (Å²) in [4.78, 5) is 12.6. The molecule has 1 aliphatic heterocycles. The Kier molecular flexibility index (Phi) is 6.80. The number of sulfone groups is 1. The zero-order valence-electron chi connectivity index (χ0n) is 14.7. The summed E-state index contributed by atoms with van der Waals surface area (Å²) in [5.74, 6) is 0.301. The number of rotatable bonds is 8. The smallest absolute Gasteiger partial charge is 0.241 e. The number of amides is 1. The Morgan fingerprint density at radius 3 is 2.40 bits per heavy atom. The van der Waals surface area contributed by atoms with Gasteiger partial charge in [-0.25, -0.2) is 8.42 Å². The fourth-order valence-electron chi connectivity index (χ4n) is 2.89. The number of carbonyl (C=O) groups is 1. The molecule has 2 rings (SSSR count). The van der Waals surface area contributed by atoms with Gasteiger partial charge in [-0.2, -0.15) is 0 Å². The van der Waals surface area contributed by atoms with Gasteiger partial charge in [0.1, 0.15) is 12.4 Å². The summed E-state index contributed by atoms with van der Waals surface area (Å²) in [6, 6.07) is 7.32. The van der Waals surface area contributed by atoms with E-state index in [-0.39, 0.29) is 6.54 Å². The maximum Gasteiger partial charge on any atom is 0.241 e. The molecule has 7 nitrogen and oxygen atoms in total. The SMILES string of the molecule is COCCOc1ccc(CNC(=O)C2(S(C)(=O)=O)CCNCC2)cc1. The molecule has 8 heteroatoms. The maximum atomic E-state index is 12.6. The first-order valence-electron chi connectivity index (χ1n) is 8.28. The highest BCUT2D eigenvalue weighted by molar-refractivity contribution is 7.92. The first-order chi connectivity index (χ1) is 11.9. The largest absolute Gasteiger partial charge is 0.491 e. The van der Waals surface area contributed by atoms with Gasteiger partial charge in [-0.3, -0.25) is 4.79 Å². The van der Waals surface area contributed by atoms with Gasteiger partial charge in [0.15, 0.2) is 14.6 Å². The molecule has 0 spiro atoms. The summed E-state index contributed by atoms with van der Waals surface area (Å²) < 4.78 is 33.5. The highest BCUT2D eigenvalue weighted by Gasteiger charge is 2.48. The Balaban J connectivity index is 1.96. The minimum absolute atomic E-state index is 0.280. The van der Waals surface area contributed by atoms with Crippen molar-refractivity contribution in [3.05, 3.63) is 29.8 Å². The van der Waals surface area contributed by atoms with Crippen molar-refractivity contribution in [2.45, 2.75) is 24.1 Å². The number of benzene rings is 1. The molecule has 2 N–H and O–H groups in total. The quantitative estimate of drug-likeness (QED) is 0.647. The molecule has 1 heterocycles. The lowest BCUT2D eigenvalue weighted by Gasteiger charge is -2.34.